The maximum absolute atomic E-state index is 10.1. The number of hydrogen-bond donors (Lipinski definition) is 2. The number of hydrogen-bond acceptors (Lipinski definition) is 6. The molecule has 2 aromatic carbocycles. The average molecular weight is 425 g/mol. The van der Waals surface area contributed by atoms with E-state index >= 15 is 0 Å². The number of aromatic nitrogens is 3. The number of rotatable bonds is 11. The quantitative estimate of drug-likeness (QED) is 0.483. The SMILES string of the molecule is CCOc1nc(-c2ccccc2C)n(-c2ccc(NCC(O)COCC(C)C)cc2)n1. The zero-order valence-corrected chi connectivity index (χ0v) is 18.7. The van der Waals surface area contributed by atoms with E-state index in [4.69, 9.17) is 9.47 Å². The fraction of sp³-hybridized carbons (Fsp3) is 0.417. The second kappa shape index (κ2) is 10.9. The van der Waals surface area contributed by atoms with E-state index in [2.05, 4.69) is 42.2 Å². The third-order valence-corrected chi connectivity index (χ3v) is 4.66. The minimum atomic E-state index is -0.560. The Balaban J connectivity index is 1.72. The first-order valence-electron chi connectivity index (χ1n) is 10.7. The molecule has 3 rings (SSSR count). The highest BCUT2D eigenvalue weighted by molar-refractivity contribution is 5.63. The van der Waals surface area contributed by atoms with Gasteiger partial charge in [0.25, 0.3) is 0 Å². The molecule has 0 amide bonds. The van der Waals surface area contributed by atoms with Crippen molar-refractivity contribution >= 4 is 5.69 Å². The van der Waals surface area contributed by atoms with E-state index in [-0.39, 0.29) is 0 Å². The van der Waals surface area contributed by atoms with Crippen molar-refractivity contribution < 1.29 is 14.6 Å². The van der Waals surface area contributed by atoms with Crippen molar-refractivity contribution in [2.75, 3.05) is 31.7 Å². The van der Waals surface area contributed by atoms with Gasteiger partial charge in [0.1, 0.15) is 0 Å². The lowest BCUT2D eigenvalue weighted by molar-refractivity contribution is 0.0318. The van der Waals surface area contributed by atoms with Crippen molar-refractivity contribution in [2.45, 2.75) is 33.8 Å². The predicted molar refractivity (Wildman–Crippen MR) is 123 cm³/mol. The first kappa shape index (κ1) is 22.8. The lowest BCUT2D eigenvalue weighted by Crippen LogP contribution is -2.25. The molecular formula is C24H32N4O3. The van der Waals surface area contributed by atoms with Crippen LogP contribution >= 0.6 is 0 Å². The molecule has 0 radical (unpaired) electrons. The minimum absolute atomic E-state index is 0.322. The highest BCUT2D eigenvalue weighted by Gasteiger charge is 2.16. The molecule has 31 heavy (non-hydrogen) atoms. The number of benzene rings is 2. The summed E-state index contributed by atoms with van der Waals surface area (Å²) in [6, 6.07) is 16.3. The second-order valence-corrected chi connectivity index (χ2v) is 7.89. The summed E-state index contributed by atoms with van der Waals surface area (Å²) in [5.74, 6) is 1.19. The zero-order valence-electron chi connectivity index (χ0n) is 18.7. The van der Waals surface area contributed by atoms with Crippen molar-refractivity contribution in [1.29, 1.82) is 0 Å². The molecule has 1 aromatic heterocycles. The molecule has 1 atom stereocenters. The standard InChI is InChI=1S/C24H32N4O3/c1-5-31-24-26-23(22-9-7-6-8-18(22)4)28(27-24)20-12-10-19(11-13-20)25-14-21(29)16-30-15-17(2)3/h6-13,17,21,25,29H,5,14-16H2,1-4H3. The molecule has 0 fully saturated rings. The summed E-state index contributed by atoms with van der Waals surface area (Å²) in [5, 5.41) is 17.9. The molecule has 1 heterocycles. The van der Waals surface area contributed by atoms with E-state index in [1.54, 1.807) is 4.68 Å². The molecule has 0 aliphatic heterocycles. The zero-order chi connectivity index (χ0) is 22.2. The van der Waals surface area contributed by atoms with Gasteiger partial charge in [-0.15, -0.1) is 5.10 Å². The summed E-state index contributed by atoms with van der Waals surface area (Å²) in [6.45, 7) is 10.0. The van der Waals surface area contributed by atoms with E-state index < -0.39 is 6.10 Å². The van der Waals surface area contributed by atoms with Crippen LogP contribution in [0.4, 0.5) is 5.69 Å². The number of ether oxygens (including phenoxy) is 2. The molecule has 3 aromatic rings. The molecule has 2 N–H and O–H groups in total. The van der Waals surface area contributed by atoms with Crippen LogP contribution in [0.25, 0.3) is 17.1 Å². The number of aliphatic hydroxyl groups excluding tert-OH is 1. The number of anilines is 1. The summed E-state index contributed by atoms with van der Waals surface area (Å²) < 4.78 is 12.8. The van der Waals surface area contributed by atoms with Gasteiger partial charge >= 0.3 is 6.01 Å². The third kappa shape index (κ3) is 6.29. The molecule has 7 heteroatoms. The van der Waals surface area contributed by atoms with Crippen molar-refractivity contribution in [3.8, 4) is 23.1 Å². The normalized spacial score (nSPS) is 12.2. The molecule has 166 valence electrons. The number of nitrogens with zero attached hydrogens (tertiary/aromatic N) is 3. The van der Waals surface area contributed by atoms with E-state index in [1.807, 2.05) is 49.4 Å². The first-order valence-corrected chi connectivity index (χ1v) is 10.7. The van der Waals surface area contributed by atoms with Gasteiger partial charge in [-0.05, 0) is 49.6 Å². The Morgan fingerprint density at radius 1 is 1.06 bits per heavy atom. The van der Waals surface area contributed by atoms with Gasteiger partial charge in [-0.1, -0.05) is 38.1 Å². The van der Waals surface area contributed by atoms with Crippen molar-refractivity contribution in [1.82, 2.24) is 14.8 Å². The van der Waals surface area contributed by atoms with Crippen LogP contribution in [0.3, 0.4) is 0 Å². The van der Waals surface area contributed by atoms with Gasteiger partial charge in [0.05, 0.1) is 25.0 Å². The maximum atomic E-state index is 10.1. The monoisotopic (exact) mass is 424 g/mol. The largest absolute Gasteiger partial charge is 0.463 e. The lowest BCUT2D eigenvalue weighted by Gasteiger charge is -2.14. The van der Waals surface area contributed by atoms with E-state index in [9.17, 15) is 5.11 Å². The van der Waals surface area contributed by atoms with Crippen LogP contribution in [0.5, 0.6) is 6.01 Å². The Morgan fingerprint density at radius 2 is 1.81 bits per heavy atom. The smallest absolute Gasteiger partial charge is 0.336 e. The molecule has 0 saturated heterocycles. The molecule has 0 saturated carbocycles. The number of aryl methyl sites for hydroxylation is 1. The van der Waals surface area contributed by atoms with Crippen LogP contribution in [0.15, 0.2) is 48.5 Å². The Bertz CT molecular complexity index is 954. The van der Waals surface area contributed by atoms with Gasteiger partial charge in [0, 0.05) is 24.4 Å². The van der Waals surface area contributed by atoms with E-state index in [1.165, 1.54) is 0 Å². The van der Waals surface area contributed by atoms with Gasteiger partial charge < -0.3 is 19.9 Å². The topological polar surface area (TPSA) is 81.4 Å². The highest BCUT2D eigenvalue weighted by atomic mass is 16.5. The van der Waals surface area contributed by atoms with Gasteiger partial charge in [0.15, 0.2) is 5.82 Å². The fourth-order valence-electron chi connectivity index (χ4n) is 3.12. The molecule has 0 spiro atoms. The first-order chi connectivity index (χ1) is 15.0. The lowest BCUT2D eigenvalue weighted by atomic mass is 10.1. The molecular weight excluding hydrogens is 392 g/mol. The minimum Gasteiger partial charge on any atom is -0.463 e. The van der Waals surface area contributed by atoms with Gasteiger partial charge in [0.2, 0.25) is 0 Å². The maximum Gasteiger partial charge on any atom is 0.336 e. The third-order valence-electron chi connectivity index (χ3n) is 4.66. The van der Waals surface area contributed by atoms with Gasteiger partial charge in [-0.2, -0.15) is 4.98 Å². The molecule has 0 bridgehead atoms. The van der Waals surface area contributed by atoms with Gasteiger partial charge in [-0.25, -0.2) is 4.68 Å². The van der Waals surface area contributed by atoms with Crippen LogP contribution in [-0.4, -0.2) is 52.3 Å². The van der Waals surface area contributed by atoms with Crippen molar-refractivity contribution in [3.05, 3.63) is 54.1 Å². The number of nitrogens with one attached hydrogen (secondary N) is 1. The Kier molecular flexibility index (Phi) is 8.03. The summed E-state index contributed by atoms with van der Waals surface area (Å²) in [4.78, 5) is 4.60. The summed E-state index contributed by atoms with van der Waals surface area (Å²) in [5.41, 5.74) is 3.91. The van der Waals surface area contributed by atoms with Gasteiger partial charge in [-0.3, -0.25) is 0 Å². The Morgan fingerprint density at radius 3 is 2.48 bits per heavy atom. The van der Waals surface area contributed by atoms with Crippen molar-refractivity contribution in [2.24, 2.45) is 5.92 Å². The van der Waals surface area contributed by atoms with Crippen LogP contribution in [-0.2, 0) is 4.74 Å². The van der Waals surface area contributed by atoms with Crippen LogP contribution in [0, 0.1) is 12.8 Å². The van der Waals surface area contributed by atoms with E-state index in [0.29, 0.717) is 38.3 Å². The number of aliphatic hydroxyl groups is 1. The van der Waals surface area contributed by atoms with Crippen LogP contribution < -0.4 is 10.1 Å². The Labute approximate surface area is 184 Å². The van der Waals surface area contributed by atoms with Crippen molar-refractivity contribution in [3.63, 3.8) is 0 Å². The predicted octanol–water partition coefficient (Wildman–Crippen LogP) is 4.09. The summed E-state index contributed by atoms with van der Waals surface area (Å²) >= 11 is 0. The van der Waals surface area contributed by atoms with Crippen LogP contribution in [0.1, 0.15) is 26.3 Å². The fourth-order valence-corrected chi connectivity index (χ4v) is 3.12. The average Bonchev–Trinajstić information content (AvgIpc) is 3.16. The van der Waals surface area contributed by atoms with Crippen LogP contribution in [0.2, 0.25) is 0 Å². The molecule has 0 aliphatic carbocycles. The second-order valence-electron chi connectivity index (χ2n) is 7.89. The van der Waals surface area contributed by atoms with E-state index in [0.717, 1.165) is 28.3 Å². The summed E-state index contributed by atoms with van der Waals surface area (Å²) in [6.07, 6.45) is -0.560. The Hall–Kier alpha value is -2.90. The molecule has 1 unspecified atom stereocenters. The molecule has 7 nitrogen and oxygen atoms in total. The highest BCUT2D eigenvalue weighted by Crippen LogP contribution is 2.26. The molecule has 0 aliphatic rings. The summed E-state index contributed by atoms with van der Waals surface area (Å²) in [7, 11) is 0.